The molecule has 0 aliphatic heterocycles. The summed E-state index contributed by atoms with van der Waals surface area (Å²) in [4.78, 5) is 37.5. The smallest absolute Gasteiger partial charge is 0.305 e. The van der Waals surface area contributed by atoms with Crippen molar-refractivity contribution in [1.82, 2.24) is 16.3 Å². The summed E-state index contributed by atoms with van der Waals surface area (Å²) in [5, 5.41) is 14.1. The van der Waals surface area contributed by atoms with Gasteiger partial charge in [-0.15, -0.1) is 0 Å². The number of carbonyl (C=O) groups excluding carboxylic acids is 3. The standard InChI is InChI=1S/C24H21BrN4O5/c1-13-20-17(26-27-23(32)15-8-3-5-11-18(15)30)10-6-12-19(20)34-21(13)24(33)29-28-22(31)14-7-2-4-9-16(14)25/h2-5,7-9,11,30H,6,10,12H2,1H3,(H,27,32)(H,28,31)(H,29,33)/b26-17+. The number of fused-ring (bicyclic) bond motifs is 1. The van der Waals surface area contributed by atoms with Crippen LogP contribution in [-0.2, 0) is 6.42 Å². The lowest BCUT2D eigenvalue weighted by molar-refractivity contribution is 0.0829. The zero-order valence-corrected chi connectivity index (χ0v) is 19.7. The van der Waals surface area contributed by atoms with E-state index in [2.05, 4.69) is 37.3 Å². The van der Waals surface area contributed by atoms with Gasteiger partial charge in [0.25, 0.3) is 11.8 Å². The number of para-hydroxylation sites is 1. The van der Waals surface area contributed by atoms with E-state index in [4.69, 9.17) is 4.42 Å². The third kappa shape index (κ3) is 4.72. The van der Waals surface area contributed by atoms with Crippen molar-refractivity contribution in [2.45, 2.75) is 26.2 Å². The number of amides is 3. The van der Waals surface area contributed by atoms with Crippen LogP contribution in [-0.4, -0.2) is 28.5 Å². The first-order valence-corrected chi connectivity index (χ1v) is 11.3. The topological polar surface area (TPSA) is 133 Å². The van der Waals surface area contributed by atoms with Crippen LogP contribution in [0.5, 0.6) is 5.75 Å². The second-order valence-electron chi connectivity index (χ2n) is 7.61. The minimum atomic E-state index is -0.607. The number of hydrazine groups is 1. The maximum Gasteiger partial charge on any atom is 0.305 e. The molecule has 0 atom stereocenters. The second-order valence-corrected chi connectivity index (χ2v) is 8.47. The van der Waals surface area contributed by atoms with Gasteiger partial charge in [0.15, 0.2) is 5.76 Å². The molecule has 0 bridgehead atoms. The van der Waals surface area contributed by atoms with E-state index >= 15 is 0 Å². The van der Waals surface area contributed by atoms with Gasteiger partial charge in [-0.05, 0) is 60.0 Å². The molecule has 0 radical (unpaired) electrons. The van der Waals surface area contributed by atoms with Crippen molar-refractivity contribution < 1.29 is 23.9 Å². The van der Waals surface area contributed by atoms with Crippen LogP contribution in [0, 0.1) is 6.92 Å². The van der Waals surface area contributed by atoms with Crippen LogP contribution in [0.25, 0.3) is 0 Å². The zero-order valence-electron chi connectivity index (χ0n) is 18.1. The van der Waals surface area contributed by atoms with E-state index in [0.717, 1.165) is 6.42 Å². The van der Waals surface area contributed by atoms with Gasteiger partial charge < -0.3 is 9.52 Å². The number of phenols is 1. The number of hydrogen-bond acceptors (Lipinski definition) is 6. The molecule has 0 spiro atoms. The molecule has 1 aromatic heterocycles. The van der Waals surface area contributed by atoms with Crippen LogP contribution in [0.15, 0.2) is 62.5 Å². The van der Waals surface area contributed by atoms with E-state index in [1.165, 1.54) is 12.1 Å². The van der Waals surface area contributed by atoms with Crippen molar-refractivity contribution in [3.63, 3.8) is 0 Å². The van der Waals surface area contributed by atoms with E-state index in [0.29, 0.717) is 45.5 Å². The highest BCUT2D eigenvalue weighted by molar-refractivity contribution is 9.10. The number of benzene rings is 2. The highest BCUT2D eigenvalue weighted by Gasteiger charge is 2.28. The lowest BCUT2D eigenvalue weighted by Crippen LogP contribution is -2.41. The molecule has 34 heavy (non-hydrogen) atoms. The Morgan fingerprint density at radius 3 is 2.35 bits per heavy atom. The fourth-order valence-corrected chi connectivity index (χ4v) is 4.19. The van der Waals surface area contributed by atoms with Gasteiger partial charge in [0.1, 0.15) is 11.5 Å². The quantitative estimate of drug-likeness (QED) is 0.387. The van der Waals surface area contributed by atoms with Gasteiger partial charge >= 0.3 is 5.91 Å². The molecule has 9 nitrogen and oxygen atoms in total. The molecule has 174 valence electrons. The van der Waals surface area contributed by atoms with Crippen molar-refractivity contribution in [1.29, 1.82) is 0 Å². The van der Waals surface area contributed by atoms with Gasteiger partial charge in [0.05, 0.1) is 16.8 Å². The van der Waals surface area contributed by atoms with Crippen molar-refractivity contribution in [2.75, 3.05) is 0 Å². The zero-order chi connectivity index (χ0) is 24.2. The molecule has 3 amide bonds. The number of hydrogen-bond donors (Lipinski definition) is 4. The third-order valence-electron chi connectivity index (χ3n) is 5.38. The van der Waals surface area contributed by atoms with Crippen molar-refractivity contribution in [3.8, 4) is 5.75 Å². The summed E-state index contributed by atoms with van der Waals surface area (Å²) in [6.45, 7) is 1.72. The Morgan fingerprint density at radius 2 is 1.62 bits per heavy atom. The number of hydrazone groups is 1. The normalized spacial score (nSPS) is 13.8. The van der Waals surface area contributed by atoms with Gasteiger partial charge in [0.2, 0.25) is 0 Å². The van der Waals surface area contributed by atoms with Crippen LogP contribution in [0.4, 0.5) is 0 Å². The van der Waals surface area contributed by atoms with Crippen molar-refractivity contribution in [2.24, 2.45) is 5.10 Å². The highest BCUT2D eigenvalue weighted by Crippen LogP contribution is 2.30. The summed E-state index contributed by atoms with van der Waals surface area (Å²) in [5.41, 5.74) is 9.48. The fourth-order valence-electron chi connectivity index (χ4n) is 3.72. The Kier molecular flexibility index (Phi) is 6.78. The summed E-state index contributed by atoms with van der Waals surface area (Å²) in [6.07, 6.45) is 1.92. The number of rotatable bonds is 4. The molecule has 0 fully saturated rings. The Hall–Kier alpha value is -3.92. The molecule has 0 saturated carbocycles. The van der Waals surface area contributed by atoms with E-state index in [-0.39, 0.29) is 17.1 Å². The van der Waals surface area contributed by atoms with Gasteiger partial charge in [-0.25, -0.2) is 5.43 Å². The molecule has 1 heterocycles. The average Bonchev–Trinajstić information content (AvgIpc) is 3.18. The largest absolute Gasteiger partial charge is 0.507 e. The molecule has 4 N–H and O–H groups in total. The van der Waals surface area contributed by atoms with Crippen molar-refractivity contribution in [3.05, 3.63) is 86.8 Å². The number of phenolic OH excluding ortho intramolecular Hbond substituents is 1. The molecule has 1 aliphatic rings. The predicted octanol–water partition coefficient (Wildman–Crippen LogP) is 3.60. The molecule has 0 unspecified atom stereocenters. The Bertz CT molecular complexity index is 1310. The number of aryl methyl sites for hydroxylation is 1. The highest BCUT2D eigenvalue weighted by atomic mass is 79.9. The van der Waals surface area contributed by atoms with Gasteiger partial charge in [0, 0.05) is 22.0 Å². The molecule has 2 aromatic carbocycles. The maximum absolute atomic E-state index is 12.7. The molecule has 1 aliphatic carbocycles. The number of nitrogens with one attached hydrogen (secondary N) is 3. The number of furan rings is 1. The first-order valence-electron chi connectivity index (χ1n) is 10.5. The third-order valence-corrected chi connectivity index (χ3v) is 6.07. The second kappa shape index (κ2) is 9.92. The van der Waals surface area contributed by atoms with E-state index in [9.17, 15) is 19.5 Å². The predicted molar refractivity (Wildman–Crippen MR) is 128 cm³/mol. The number of halogens is 1. The number of nitrogens with zero attached hydrogens (tertiary/aromatic N) is 1. The summed E-state index contributed by atoms with van der Waals surface area (Å²) in [5.74, 6) is -1.14. The van der Waals surface area contributed by atoms with Gasteiger partial charge in [-0.1, -0.05) is 24.3 Å². The summed E-state index contributed by atoms with van der Waals surface area (Å²) in [6, 6.07) is 13.0. The van der Waals surface area contributed by atoms with E-state index in [1.807, 2.05) is 0 Å². The van der Waals surface area contributed by atoms with Crippen LogP contribution in [0.3, 0.4) is 0 Å². The Balaban J connectivity index is 1.50. The fraction of sp³-hybridized carbons (Fsp3) is 0.167. The van der Waals surface area contributed by atoms with Gasteiger partial charge in [-0.2, -0.15) is 5.10 Å². The van der Waals surface area contributed by atoms with Gasteiger partial charge in [-0.3, -0.25) is 25.2 Å². The van der Waals surface area contributed by atoms with Crippen LogP contribution in [0.2, 0.25) is 0 Å². The number of aromatic hydroxyl groups is 1. The molecule has 3 aromatic rings. The summed E-state index contributed by atoms with van der Waals surface area (Å²) >= 11 is 3.30. The molecule has 4 rings (SSSR count). The average molecular weight is 525 g/mol. The lowest BCUT2D eigenvalue weighted by Gasteiger charge is -2.13. The number of carbonyl (C=O) groups is 3. The van der Waals surface area contributed by atoms with Crippen LogP contribution < -0.4 is 16.3 Å². The Labute approximate surface area is 203 Å². The molecular weight excluding hydrogens is 504 g/mol. The SMILES string of the molecule is Cc1c(C(=O)NNC(=O)c2ccccc2Br)oc2c1/C(=N/NC(=O)c1ccccc1O)CCC2. The first kappa shape index (κ1) is 23.2. The van der Waals surface area contributed by atoms with Crippen LogP contribution in [0.1, 0.15) is 61.0 Å². The van der Waals surface area contributed by atoms with E-state index < -0.39 is 17.7 Å². The first-order chi connectivity index (χ1) is 16.4. The lowest BCUT2D eigenvalue weighted by atomic mass is 9.93. The minimum absolute atomic E-state index is 0.0547. The van der Waals surface area contributed by atoms with E-state index in [1.54, 1.807) is 43.3 Å². The molecular formula is C24H21BrN4O5. The maximum atomic E-state index is 12.7. The minimum Gasteiger partial charge on any atom is -0.507 e. The van der Waals surface area contributed by atoms with Crippen molar-refractivity contribution >= 4 is 39.4 Å². The molecule has 10 heteroatoms. The molecule has 0 saturated heterocycles. The summed E-state index contributed by atoms with van der Waals surface area (Å²) < 4.78 is 6.39. The monoisotopic (exact) mass is 524 g/mol. The van der Waals surface area contributed by atoms with Crippen LogP contribution >= 0.6 is 15.9 Å². The summed E-state index contributed by atoms with van der Waals surface area (Å²) in [7, 11) is 0. The Morgan fingerprint density at radius 1 is 0.941 bits per heavy atom.